The van der Waals surface area contributed by atoms with E-state index in [4.69, 9.17) is 0 Å². The van der Waals surface area contributed by atoms with Gasteiger partial charge in [0.15, 0.2) is 0 Å². The summed E-state index contributed by atoms with van der Waals surface area (Å²) in [4.78, 5) is 66.3. The summed E-state index contributed by atoms with van der Waals surface area (Å²) in [7, 11) is 0. The van der Waals surface area contributed by atoms with E-state index in [0.717, 1.165) is 19.4 Å². The van der Waals surface area contributed by atoms with Crippen molar-refractivity contribution < 1.29 is 24.3 Å². The normalized spacial score (nSPS) is 21.4. The topological polar surface area (TPSA) is 185 Å². The molecule has 2 saturated heterocycles. The summed E-state index contributed by atoms with van der Waals surface area (Å²) < 4.78 is 0. The Balaban J connectivity index is 1.45. The second-order valence-corrected chi connectivity index (χ2v) is 8.83. The molecular weight excluding hydrogens is 456 g/mol. The molecule has 4 atom stereocenters. The van der Waals surface area contributed by atoms with E-state index in [1.54, 1.807) is 17.3 Å². The molecule has 0 bridgehead atoms. The van der Waals surface area contributed by atoms with Gasteiger partial charge >= 0.3 is 5.97 Å². The Bertz CT molecular complexity index is 1020. The van der Waals surface area contributed by atoms with Crippen LogP contribution in [0.4, 0.5) is 0 Å². The average molecular weight is 487 g/mol. The molecule has 6 N–H and O–H groups in total. The lowest BCUT2D eigenvalue weighted by atomic mass is 10.1. The zero-order valence-corrected chi connectivity index (χ0v) is 19.2. The molecule has 0 spiro atoms. The molecular formula is C22H30N8O5. The van der Waals surface area contributed by atoms with E-state index >= 15 is 0 Å². The fourth-order valence-corrected chi connectivity index (χ4v) is 4.57. The molecule has 0 aromatic carbocycles. The molecule has 188 valence electrons. The van der Waals surface area contributed by atoms with Gasteiger partial charge in [0, 0.05) is 31.8 Å². The molecule has 0 saturated carbocycles. The van der Waals surface area contributed by atoms with Crippen LogP contribution in [0.25, 0.3) is 0 Å². The first kappa shape index (κ1) is 24.4. The molecule has 3 amide bonds. The van der Waals surface area contributed by atoms with Crippen LogP contribution in [0.2, 0.25) is 0 Å². The van der Waals surface area contributed by atoms with Crippen LogP contribution < -0.4 is 16.0 Å². The number of rotatable bonds is 10. The summed E-state index contributed by atoms with van der Waals surface area (Å²) in [6, 6.07) is -3.28. The van der Waals surface area contributed by atoms with Crippen LogP contribution in [-0.4, -0.2) is 90.9 Å². The first-order chi connectivity index (χ1) is 16.9. The zero-order chi connectivity index (χ0) is 24.8. The highest BCUT2D eigenvalue weighted by Crippen LogP contribution is 2.21. The van der Waals surface area contributed by atoms with E-state index in [0.29, 0.717) is 30.8 Å². The number of carboxylic acid groups (broad SMARTS) is 1. The predicted octanol–water partition coefficient (Wildman–Crippen LogP) is -1.28. The maximum Gasteiger partial charge on any atom is 0.326 e. The first-order valence-corrected chi connectivity index (χ1v) is 11.7. The third kappa shape index (κ3) is 6.04. The van der Waals surface area contributed by atoms with E-state index < -0.39 is 35.9 Å². The largest absolute Gasteiger partial charge is 0.480 e. The summed E-state index contributed by atoms with van der Waals surface area (Å²) in [6.07, 6.45) is 8.90. The third-order valence-electron chi connectivity index (χ3n) is 6.38. The van der Waals surface area contributed by atoms with Crippen molar-refractivity contribution in [3.05, 3.63) is 36.4 Å². The molecule has 2 fully saturated rings. The van der Waals surface area contributed by atoms with Gasteiger partial charge in [-0.2, -0.15) is 0 Å². The Kier molecular flexibility index (Phi) is 7.75. The van der Waals surface area contributed by atoms with Crippen LogP contribution in [0, 0.1) is 0 Å². The Labute approximate surface area is 201 Å². The molecule has 4 rings (SSSR count). The minimum Gasteiger partial charge on any atom is -0.480 e. The summed E-state index contributed by atoms with van der Waals surface area (Å²) in [6.45, 7) is 1.26. The van der Waals surface area contributed by atoms with E-state index in [1.165, 1.54) is 12.7 Å². The number of likely N-dealkylation sites (tertiary alicyclic amines) is 1. The molecule has 0 aliphatic carbocycles. The van der Waals surface area contributed by atoms with E-state index in [-0.39, 0.29) is 24.8 Å². The molecule has 4 heterocycles. The molecule has 2 aliphatic rings. The van der Waals surface area contributed by atoms with Gasteiger partial charge in [-0.05, 0) is 32.2 Å². The minimum atomic E-state index is -1.23. The molecule has 0 radical (unpaired) electrons. The third-order valence-corrected chi connectivity index (χ3v) is 6.38. The smallest absolute Gasteiger partial charge is 0.326 e. The Hall–Kier alpha value is -3.74. The highest BCUT2D eigenvalue weighted by atomic mass is 16.4. The quantitative estimate of drug-likeness (QED) is 0.240. The first-order valence-electron chi connectivity index (χ1n) is 11.7. The molecule has 35 heavy (non-hydrogen) atoms. The van der Waals surface area contributed by atoms with Crippen LogP contribution in [0.1, 0.15) is 37.1 Å². The van der Waals surface area contributed by atoms with Gasteiger partial charge in [-0.15, -0.1) is 0 Å². The molecule has 0 unspecified atom stereocenters. The number of aliphatic carboxylic acids is 1. The number of amides is 3. The lowest BCUT2D eigenvalue weighted by Crippen LogP contribution is -2.57. The van der Waals surface area contributed by atoms with Gasteiger partial charge in [0.05, 0.1) is 30.1 Å². The van der Waals surface area contributed by atoms with Crippen LogP contribution in [0.3, 0.4) is 0 Å². The second kappa shape index (κ2) is 11.1. The predicted molar refractivity (Wildman–Crippen MR) is 122 cm³/mol. The Morgan fingerprint density at radius 3 is 2.26 bits per heavy atom. The lowest BCUT2D eigenvalue weighted by Gasteiger charge is -2.28. The Morgan fingerprint density at radius 2 is 1.69 bits per heavy atom. The van der Waals surface area contributed by atoms with Gasteiger partial charge in [0.25, 0.3) is 0 Å². The maximum atomic E-state index is 13.2. The van der Waals surface area contributed by atoms with Crippen LogP contribution >= 0.6 is 0 Å². The van der Waals surface area contributed by atoms with Gasteiger partial charge in [-0.1, -0.05) is 0 Å². The van der Waals surface area contributed by atoms with Crippen LogP contribution in [-0.2, 0) is 32.0 Å². The van der Waals surface area contributed by atoms with Crippen molar-refractivity contribution in [2.75, 3.05) is 13.1 Å². The fourth-order valence-electron chi connectivity index (χ4n) is 4.57. The lowest BCUT2D eigenvalue weighted by molar-refractivity contribution is -0.143. The number of aromatic amines is 2. The summed E-state index contributed by atoms with van der Waals surface area (Å²) in [5.74, 6) is -2.41. The number of nitrogens with one attached hydrogen (secondary N) is 5. The number of carbonyl (C=O) groups is 4. The number of hydrogen-bond donors (Lipinski definition) is 6. The van der Waals surface area contributed by atoms with Crippen molar-refractivity contribution in [1.82, 2.24) is 40.8 Å². The molecule has 13 heteroatoms. The fraction of sp³-hybridized carbons (Fsp3) is 0.545. The van der Waals surface area contributed by atoms with Gasteiger partial charge < -0.3 is 35.9 Å². The molecule has 2 aromatic rings. The zero-order valence-electron chi connectivity index (χ0n) is 19.2. The van der Waals surface area contributed by atoms with Crippen molar-refractivity contribution >= 4 is 23.7 Å². The number of imidazole rings is 2. The number of aromatic nitrogens is 4. The number of nitrogens with zero attached hydrogens (tertiary/aromatic N) is 3. The van der Waals surface area contributed by atoms with Crippen molar-refractivity contribution in [2.24, 2.45) is 0 Å². The summed E-state index contributed by atoms with van der Waals surface area (Å²) >= 11 is 0. The summed E-state index contributed by atoms with van der Waals surface area (Å²) in [5.41, 5.74) is 1.00. The summed E-state index contributed by atoms with van der Waals surface area (Å²) in [5, 5.41) is 18.0. The number of H-pyrrole nitrogens is 2. The van der Waals surface area contributed by atoms with Crippen molar-refractivity contribution in [2.45, 2.75) is 62.7 Å². The van der Waals surface area contributed by atoms with Crippen molar-refractivity contribution in [3.63, 3.8) is 0 Å². The standard InChI is InChI=1S/C22H30N8O5/c31-19(29-17(22(34)35)8-14-10-24-12-27-14)16(7-13-9-23-11-26-13)28-20(32)18-4-2-6-30(18)21(33)15-3-1-5-25-15/h9-12,15-18,25H,1-8H2,(H,23,26)(H,24,27)(H,28,32)(H,29,31)(H,34,35)/t15-,16-,17-,18-/m0/s1. The van der Waals surface area contributed by atoms with E-state index in [9.17, 15) is 24.3 Å². The van der Waals surface area contributed by atoms with E-state index in [2.05, 4.69) is 35.9 Å². The molecule has 2 aliphatic heterocycles. The minimum absolute atomic E-state index is 0.0209. The van der Waals surface area contributed by atoms with Gasteiger partial charge in [0.2, 0.25) is 17.7 Å². The highest BCUT2D eigenvalue weighted by molar-refractivity contribution is 5.94. The average Bonchev–Trinajstić information content (AvgIpc) is 3.64. The monoisotopic (exact) mass is 486 g/mol. The van der Waals surface area contributed by atoms with Gasteiger partial charge in [-0.3, -0.25) is 14.4 Å². The number of hydrogen-bond acceptors (Lipinski definition) is 7. The number of carboxylic acids is 1. The molecule has 13 nitrogen and oxygen atoms in total. The van der Waals surface area contributed by atoms with Crippen LogP contribution in [0.15, 0.2) is 25.0 Å². The van der Waals surface area contributed by atoms with Crippen LogP contribution in [0.5, 0.6) is 0 Å². The second-order valence-electron chi connectivity index (χ2n) is 8.83. The maximum absolute atomic E-state index is 13.2. The molecule has 2 aromatic heterocycles. The van der Waals surface area contributed by atoms with Crippen molar-refractivity contribution in [3.8, 4) is 0 Å². The van der Waals surface area contributed by atoms with E-state index in [1.807, 2.05) is 0 Å². The SMILES string of the molecule is O=C(O)[C@H](Cc1c[nH]cn1)NC(=O)[C@H](Cc1c[nH]cn1)NC(=O)[C@@H]1CCCN1C(=O)[C@@H]1CCCN1. The van der Waals surface area contributed by atoms with Gasteiger partial charge in [0.1, 0.15) is 18.1 Å². The van der Waals surface area contributed by atoms with Gasteiger partial charge in [-0.25, -0.2) is 14.8 Å². The highest BCUT2D eigenvalue weighted by Gasteiger charge is 2.39. The number of carbonyl (C=O) groups excluding carboxylic acids is 3. The van der Waals surface area contributed by atoms with Crippen molar-refractivity contribution in [1.29, 1.82) is 0 Å². The Morgan fingerprint density at radius 1 is 1.00 bits per heavy atom.